The molecule has 0 saturated heterocycles. The maximum Gasteiger partial charge on any atom is 0.488 e. The number of hydrazone groups is 1. The van der Waals surface area contributed by atoms with Gasteiger partial charge in [-0.2, -0.15) is 5.10 Å². The molecule has 2 amide bonds. The summed E-state index contributed by atoms with van der Waals surface area (Å²) in [6, 6.07) is 25.5. The number of nitrogens with one attached hydrogen (secondary N) is 1. The minimum atomic E-state index is -1.59. The van der Waals surface area contributed by atoms with Gasteiger partial charge in [-0.3, -0.25) is 9.80 Å². The second-order valence-corrected chi connectivity index (χ2v) is 9.17. The van der Waals surface area contributed by atoms with Gasteiger partial charge in [0, 0.05) is 6.54 Å². The zero-order valence-corrected chi connectivity index (χ0v) is 21.6. The first kappa shape index (κ1) is 28.4. The van der Waals surface area contributed by atoms with E-state index >= 15 is 0 Å². The summed E-state index contributed by atoms with van der Waals surface area (Å²) in [4.78, 5) is 25.8. The summed E-state index contributed by atoms with van der Waals surface area (Å²) in [5, 5.41) is 26.3. The van der Waals surface area contributed by atoms with Crippen LogP contribution in [0.25, 0.3) is 0 Å². The highest BCUT2D eigenvalue weighted by molar-refractivity contribution is 6.58. The molecule has 0 aliphatic heterocycles. The van der Waals surface area contributed by atoms with Crippen molar-refractivity contribution in [2.75, 3.05) is 13.1 Å². The van der Waals surface area contributed by atoms with Crippen LogP contribution in [0.4, 0.5) is 4.79 Å². The quantitative estimate of drug-likeness (QED) is 0.205. The highest BCUT2D eigenvalue weighted by Crippen LogP contribution is 2.08. The Morgan fingerprint density at radius 2 is 1.63 bits per heavy atom. The third-order valence-electron chi connectivity index (χ3n) is 5.39. The van der Waals surface area contributed by atoms with Gasteiger partial charge < -0.3 is 14.8 Å². The summed E-state index contributed by atoms with van der Waals surface area (Å²) in [5.74, 6) is -0.268. The zero-order chi connectivity index (χ0) is 27.3. The fourth-order valence-corrected chi connectivity index (χ4v) is 3.56. The summed E-state index contributed by atoms with van der Waals surface area (Å²) in [5.41, 5.74) is 5.33. The third kappa shape index (κ3) is 9.72. The monoisotopic (exact) mass is 516 g/mol. The average Bonchev–Trinajstić information content (AvgIpc) is 2.91. The molecular weight excluding hydrogens is 483 g/mol. The molecule has 3 aromatic carbocycles. The van der Waals surface area contributed by atoms with Crippen LogP contribution in [0.5, 0.6) is 0 Å². The van der Waals surface area contributed by atoms with Crippen molar-refractivity contribution in [3.8, 4) is 0 Å². The van der Waals surface area contributed by atoms with E-state index in [-0.39, 0.29) is 25.0 Å². The van der Waals surface area contributed by atoms with Crippen molar-refractivity contribution in [2.24, 2.45) is 11.0 Å². The van der Waals surface area contributed by atoms with Crippen LogP contribution in [-0.2, 0) is 22.7 Å². The summed E-state index contributed by atoms with van der Waals surface area (Å²) in [7, 11) is -1.59. The van der Waals surface area contributed by atoms with E-state index in [4.69, 9.17) is 4.74 Å². The topological polar surface area (TPSA) is 115 Å². The number of rotatable bonds is 11. The number of hydrogen-bond acceptors (Lipinski definition) is 7. The standard InChI is InChI=1S/C28H33BN4O5/c1-22(2)18-33(31-28(35)38-21-24-12-7-4-8-13-24)27(34)20-32(19-23-10-5-3-6-11-23)30-17-25-14-9-15-26(16-25)29(36)37/h3-17,22,36-37H,18-21H2,1-2H3,(H,31,35)/b30-17+. The molecule has 10 heteroatoms. The molecule has 198 valence electrons. The second-order valence-electron chi connectivity index (χ2n) is 9.17. The number of benzene rings is 3. The van der Waals surface area contributed by atoms with Crippen molar-refractivity contribution in [3.63, 3.8) is 0 Å². The number of hydrazine groups is 1. The van der Waals surface area contributed by atoms with Crippen LogP contribution in [0.1, 0.15) is 30.5 Å². The van der Waals surface area contributed by atoms with Gasteiger partial charge in [-0.1, -0.05) is 98.8 Å². The van der Waals surface area contributed by atoms with Gasteiger partial charge >= 0.3 is 13.2 Å². The molecule has 3 N–H and O–H groups in total. The molecule has 0 radical (unpaired) electrons. The van der Waals surface area contributed by atoms with E-state index in [1.54, 1.807) is 35.5 Å². The first-order chi connectivity index (χ1) is 18.3. The van der Waals surface area contributed by atoms with E-state index in [1.807, 2.05) is 74.5 Å². The maximum atomic E-state index is 13.3. The lowest BCUT2D eigenvalue weighted by Gasteiger charge is -2.27. The lowest BCUT2D eigenvalue weighted by molar-refractivity contribution is -0.136. The Morgan fingerprint density at radius 3 is 2.26 bits per heavy atom. The number of ether oxygens (including phenoxy) is 1. The third-order valence-corrected chi connectivity index (χ3v) is 5.39. The number of carbonyl (C=O) groups is 2. The van der Waals surface area contributed by atoms with Crippen LogP contribution in [0.3, 0.4) is 0 Å². The van der Waals surface area contributed by atoms with Crippen molar-refractivity contribution in [1.29, 1.82) is 0 Å². The van der Waals surface area contributed by atoms with Crippen molar-refractivity contribution in [2.45, 2.75) is 27.0 Å². The number of carbonyl (C=O) groups excluding carboxylic acids is 2. The molecule has 3 aromatic rings. The van der Waals surface area contributed by atoms with Crippen LogP contribution in [0, 0.1) is 5.92 Å². The van der Waals surface area contributed by atoms with Crippen LogP contribution in [0.15, 0.2) is 90.0 Å². The van der Waals surface area contributed by atoms with Crippen molar-refractivity contribution >= 4 is 30.8 Å². The summed E-state index contributed by atoms with van der Waals surface area (Å²) in [6.45, 7) is 4.50. The fraction of sp³-hybridized carbons (Fsp3) is 0.250. The Balaban J connectivity index is 1.72. The van der Waals surface area contributed by atoms with Crippen LogP contribution >= 0.6 is 0 Å². The van der Waals surface area contributed by atoms with Gasteiger partial charge in [0.1, 0.15) is 13.2 Å². The molecule has 0 unspecified atom stereocenters. The van der Waals surface area contributed by atoms with Gasteiger partial charge in [0.2, 0.25) is 0 Å². The van der Waals surface area contributed by atoms with Gasteiger partial charge in [-0.25, -0.2) is 15.2 Å². The van der Waals surface area contributed by atoms with E-state index in [1.165, 1.54) is 5.01 Å². The molecule has 0 spiro atoms. The Bertz CT molecular complexity index is 1190. The molecule has 0 bridgehead atoms. The Labute approximate surface area is 223 Å². The molecule has 9 nitrogen and oxygen atoms in total. The highest BCUT2D eigenvalue weighted by atomic mass is 16.6. The second kappa shape index (κ2) is 14.6. The number of hydrogen-bond donors (Lipinski definition) is 3. The normalized spacial score (nSPS) is 10.9. The lowest BCUT2D eigenvalue weighted by Crippen LogP contribution is -2.50. The molecule has 0 atom stereocenters. The smallest absolute Gasteiger partial charge is 0.443 e. The van der Waals surface area contributed by atoms with Crippen LogP contribution in [0.2, 0.25) is 0 Å². The molecule has 0 aromatic heterocycles. The zero-order valence-electron chi connectivity index (χ0n) is 21.6. The minimum Gasteiger partial charge on any atom is -0.443 e. The SMILES string of the molecule is CC(C)CN(NC(=O)OCc1ccccc1)C(=O)CN(Cc1ccccc1)/N=C/c1cccc(B(O)O)c1. The maximum absolute atomic E-state index is 13.3. The minimum absolute atomic E-state index is 0.0857. The highest BCUT2D eigenvalue weighted by Gasteiger charge is 2.21. The van der Waals surface area contributed by atoms with Crippen molar-refractivity contribution in [1.82, 2.24) is 15.4 Å². The van der Waals surface area contributed by atoms with E-state index in [0.717, 1.165) is 11.1 Å². The summed E-state index contributed by atoms with van der Waals surface area (Å²) < 4.78 is 5.30. The van der Waals surface area contributed by atoms with Crippen LogP contribution in [-0.4, -0.2) is 58.5 Å². The van der Waals surface area contributed by atoms with Gasteiger partial charge in [0.05, 0.1) is 12.8 Å². The molecule has 0 fully saturated rings. The molecular formula is C28H33BN4O5. The van der Waals surface area contributed by atoms with E-state index < -0.39 is 13.2 Å². The van der Waals surface area contributed by atoms with Crippen molar-refractivity contribution in [3.05, 3.63) is 102 Å². The van der Waals surface area contributed by atoms with E-state index in [0.29, 0.717) is 24.1 Å². The largest absolute Gasteiger partial charge is 0.488 e. The van der Waals surface area contributed by atoms with Crippen LogP contribution < -0.4 is 10.9 Å². The molecule has 0 saturated carbocycles. The lowest BCUT2D eigenvalue weighted by atomic mass is 9.80. The number of amides is 2. The Hall–Kier alpha value is -4.15. The summed E-state index contributed by atoms with van der Waals surface area (Å²) >= 11 is 0. The first-order valence-electron chi connectivity index (χ1n) is 12.4. The Kier molecular flexibility index (Phi) is 10.9. The Morgan fingerprint density at radius 1 is 0.974 bits per heavy atom. The molecule has 0 aliphatic carbocycles. The number of nitrogens with zero attached hydrogens (tertiary/aromatic N) is 3. The molecule has 38 heavy (non-hydrogen) atoms. The van der Waals surface area contributed by atoms with E-state index in [2.05, 4.69) is 10.5 Å². The van der Waals surface area contributed by atoms with Crippen molar-refractivity contribution < 1.29 is 24.4 Å². The average molecular weight is 516 g/mol. The molecule has 3 rings (SSSR count). The fourth-order valence-electron chi connectivity index (χ4n) is 3.56. The molecule has 0 heterocycles. The first-order valence-corrected chi connectivity index (χ1v) is 12.4. The van der Waals surface area contributed by atoms with Gasteiger partial charge in [0.15, 0.2) is 0 Å². The van der Waals surface area contributed by atoms with E-state index in [9.17, 15) is 19.6 Å². The predicted molar refractivity (Wildman–Crippen MR) is 147 cm³/mol. The summed E-state index contributed by atoms with van der Waals surface area (Å²) in [6.07, 6.45) is 0.830. The predicted octanol–water partition coefficient (Wildman–Crippen LogP) is 2.53. The van der Waals surface area contributed by atoms with Gasteiger partial charge in [-0.15, -0.1) is 0 Å². The molecule has 0 aliphatic rings. The van der Waals surface area contributed by atoms with Gasteiger partial charge in [0.25, 0.3) is 5.91 Å². The van der Waals surface area contributed by atoms with Gasteiger partial charge in [-0.05, 0) is 28.1 Å².